The highest BCUT2D eigenvalue weighted by molar-refractivity contribution is 7.25. The molecule has 0 aliphatic heterocycles. The summed E-state index contributed by atoms with van der Waals surface area (Å²) in [6.45, 7) is 0. The Kier molecular flexibility index (Phi) is 4.87. The number of hydrogen-bond acceptors (Lipinski definition) is 1. The van der Waals surface area contributed by atoms with Crippen LogP contribution in [-0.4, -0.2) is 0 Å². The Morgan fingerprint density at radius 3 is 1.51 bits per heavy atom. The topological polar surface area (TPSA) is 0 Å². The van der Waals surface area contributed by atoms with E-state index in [-0.39, 0.29) is 0 Å². The zero-order valence-electron chi connectivity index (χ0n) is 22.3. The quantitative estimate of drug-likeness (QED) is 0.193. The minimum atomic E-state index is 1.27. The molecule has 0 unspecified atom stereocenters. The Hall–Kier alpha value is -4.98. The molecule has 190 valence electrons. The zero-order chi connectivity index (χ0) is 26.9. The van der Waals surface area contributed by atoms with E-state index in [2.05, 4.69) is 146 Å². The van der Waals surface area contributed by atoms with E-state index in [9.17, 15) is 0 Å². The van der Waals surface area contributed by atoms with E-state index in [1.165, 1.54) is 85.5 Å². The molecule has 0 spiro atoms. The van der Waals surface area contributed by atoms with Crippen molar-refractivity contribution in [3.8, 4) is 22.3 Å². The fraction of sp³-hybridized carbons (Fsp3) is 0. The van der Waals surface area contributed by atoms with E-state index in [0.717, 1.165) is 0 Å². The molecule has 0 aliphatic rings. The Morgan fingerprint density at radius 2 is 0.780 bits per heavy atom. The molecular formula is C40H24S. The maximum absolute atomic E-state index is 2.45. The van der Waals surface area contributed by atoms with Gasteiger partial charge in [-0.05, 0) is 89.6 Å². The third kappa shape index (κ3) is 3.33. The van der Waals surface area contributed by atoms with E-state index in [1.54, 1.807) is 0 Å². The van der Waals surface area contributed by atoms with Crippen molar-refractivity contribution in [2.75, 3.05) is 0 Å². The van der Waals surface area contributed by atoms with Gasteiger partial charge in [0, 0.05) is 20.2 Å². The number of fused-ring (bicyclic) bond motifs is 9. The third-order valence-electron chi connectivity index (χ3n) is 8.65. The molecule has 1 heteroatoms. The predicted octanol–water partition coefficient (Wildman–Crippen LogP) is 12.0. The molecule has 8 aromatic carbocycles. The second-order valence-electron chi connectivity index (χ2n) is 10.8. The first-order chi connectivity index (χ1) is 20.3. The van der Waals surface area contributed by atoms with E-state index in [4.69, 9.17) is 0 Å². The molecule has 9 rings (SSSR count). The van der Waals surface area contributed by atoms with Crippen LogP contribution in [0.5, 0.6) is 0 Å². The molecule has 0 radical (unpaired) electrons. The van der Waals surface area contributed by atoms with Gasteiger partial charge in [0.2, 0.25) is 0 Å². The SMILES string of the molecule is c1ccc2c(-c3cc4c5ccccc5c(-c5cccc6sc7ccccc7c56)cc4c4ccccc34)cccc2c1. The summed E-state index contributed by atoms with van der Waals surface area (Å²) in [7, 11) is 0. The first kappa shape index (κ1) is 22.8. The Balaban J connectivity index is 1.44. The Labute approximate surface area is 241 Å². The van der Waals surface area contributed by atoms with Gasteiger partial charge in [0.15, 0.2) is 0 Å². The number of hydrogen-bond donors (Lipinski definition) is 0. The minimum absolute atomic E-state index is 1.27. The van der Waals surface area contributed by atoms with E-state index < -0.39 is 0 Å². The zero-order valence-corrected chi connectivity index (χ0v) is 23.1. The van der Waals surface area contributed by atoms with Crippen molar-refractivity contribution in [1.29, 1.82) is 0 Å². The molecular weight excluding hydrogens is 513 g/mol. The molecule has 1 aromatic heterocycles. The van der Waals surface area contributed by atoms with Gasteiger partial charge in [0.25, 0.3) is 0 Å². The highest BCUT2D eigenvalue weighted by atomic mass is 32.1. The summed E-state index contributed by atoms with van der Waals surface area (Å²) >= 11 is 1.88. The average molecular weight is 537 g/mol. The molecule has 9 aromatic rings. The van der Waals surface area contributed by atoms with Gasteiger partial charge in [0.1, 0.15) is 0 Å². The molecule has 41 heavy (non-hydrogen) atoms. The van der Waals surface area contributed by atoms with Gasteiger partial charge in [0.05, 0.1) is 0 Å². The van der Waals surface area contributed by atoms with Crippen LogP contribution in [0.25, 0.3) is 85.5 Å². The van der Waals surface area contributed by atoms with E-state index >= 15 is 0 Å². The highest BCUT2D eigenvalue weighted by Crippen LogP contribution is 2.46. The van der Waals surface area contributed by atoms with E-state index in [1.807, 2.05) is 11.3 Å². The minimum Gasteiger partial charge on any atom is -0.135 e. The molecule has 0 aliphatic carbocycles. The third-order valence-corrected chi connectivity index (χ3v) is 9.79. The van der Waals surface area contributed by atoms with Crippen molar-refractivity contribution in [3.63, 3.8) is 0 Å². The number of benzene rings is 8. The fourth-order valence-corrected chi connectivity index (χ4v) is 7.99. The van der Waals surface area contributed by atoms with Crippen LogP contribution >= 0.6 is 11.3 Å². The van der Waals surface area contributed by atoms with Crippen molar-refractivity contribution in [2.45, 2.75) is 0 Å². The van der Waals surface area contributed by atoms with Gasteiger partial charge in [-0.1, -0.05) is 121 Å². The molecule has 0 atom stereocenters. The lowest BCUT2D eigenvalue weighted by atomic mass is 9.86. The monoisotopic (exact) mass is 536 g/mol. The van der Waals surface area contributed by atoms with Crippen LogP contribution in [0.4, 0.5) is 0 Å². The lowest BCUT2D eigenvalue weighted by molar-refractivity contribution is 1.70. The first-order valence-electron chi connectivity index (χ1n) is 14.1. The maximum atomic E-state index is 2.45. The second-order valence-corrected chi connectivity index (χ2v) is 11.9. The largest absolute Gasteiger partial charge is 0.135 e. The lowest BCUT2D eigenvalue weighted by Crippen LogP contribution is -1.90. The summed E-state index contributed by atoms with van der Waals surface area (Å²) in [5.41, 5.74) is 5.17. The van der Waals surface area contributed by atoms with Crippen molar-refractivity contribution < 1.29 is 0 Å². The Morgan fingerprint density at radius 1 is 0.293 bits per heavy atom. The summed E-state index contributed by atoms with van der Waals surface area (Å²) in [5, 5.41) is 13.0. The smallest absolute Gasteiger partial charge is 0.0361 e. The van der Waals surface area contributed by atoms with Crippen molar-refractivity contribution in [3.05, 3.63) is 146 Å². The molecule has 0 N–H and O–H groups in total. The molecule has 0 amide bonds. The van der Waals surface area contributed by atoms with Gasteiger partial charge < -0.3 is 0 Å². The van der Waals surface area contributed by atoms with Gasteiger partial charge in [-0.25, -0.2) is 0 Å². The Bertz CT molecular complexity index is 2470. The molecule has 0 saturated carbocycles. The second kappa shape index (κ2) is 8.76. The van der Waals surface area contributed by atoms with Gasteiger partial charge in [-0.2, -0.15) is 0 Å². The van der Waals surface area contributed by atoms with Crippen molar-refractivity contribution in [2.24, 2.45) is 0 Å². The summed E-state index contributed by atoms with van der Waals surface area (Å²) in [4.78, 5) is 0. The molecule has 0 saturated heterocycles. The van der Waals surface area contributed by atoms with Crippen LogP contribution in [0.15, 0.2) is 146 Å². The van der Waals surface area contributed by atoms with Crippen LogP contribution in [0, 0.1) is 0 Å². The van der Waals surface area contributed by atoms with Crippen LogP contribution in [0.1, 0.15) is 0 Å². The van der Waals surface area contributed by atoms with Gasteiger partial charge in [-0.15, -0.1) is 11.3 Å². The number of rotatable bonds is 2. The molecule has 0 bridgehead atoms. The average Bonchev–Trinajstić information content (AvgIpc) is 3.43. The summed E-state index contributed by atoms with van der Waals surface area (Å²) < 4.78 is 2.68. The summed E-state index contributed by atoms with van der Waals surface area (Å²) in [6.07, 6.45) is 0. The predicted molar refractivity (Wildman–Crippen MR) is 180 cm³/mol. The summed E-state index contributed by atoms with van der Waals surface area (Å²) in [5.74, 6) is 0. The van der Waals surface area contributed by atoms with E-state index in [0.29, 0.717) is 0 Å². The molecule has 0 nitrogen and oxygen atoms in total. The fourth-order valence-electron chi connectivity index (χ4n) is 6.86. The van der Waals surface area contributed by atoms with Crippen LogP contribution in [-0.2, 0) is 0 Å². The number of thiophene rings is 1. The highest BCUT2D eigenvalue weighted by Gasteiger charge is 2.17. The van der Waals surface area contributed by atoms with Crippen molar-refractivity contribution >= 4 is 74.6 Å². The maximum Gasteiger partial charge on any atom is 0.0361 e. The molecule has 1 heterocycles. The lowest BCUT2D eigenvalue weighted by Gasteiger charge is -2.17. The van der Waals surface area contributed by atoms with Crippen LogP contribution < -0.4 is 0 Å². The normalized spacial score (nSPS) is 11.9. The van der Waals surface area contributed by atoms with Crippen LogP contribution in [0.2, 0.25) is 0 Å². The van der Waals surface area contributed by atoms with Crippen molar-refractivity contribution in [1.82, 2.24) is 0 Å². The molecule has 0 fully saturated rings. The first-order valence-corrected chi connectivity index (χ1v) is 14.9. The van der Waals surface area contributed by atoms with Crippen LogP contribution in [0.3, 0.4) is 0 Å². The van der Waals surface area contributed by atoms with Gasteiger partial charge in [-0.3, -0.25) is 0 Å². The summed E-state index contributed by atoms with van der Waals surface area (Å²) in [6, 6.07) is 53.8. The standard InChI is InChI=1S/C40H24S/c1-2-13-26-25(11-1)12-9-19-27(26)34-23-36-31-17-6-4-15-29(31)35(24-37(36)30-16-5-3-14-28(30)34)32-20-10-22-39-40(32)33-18-7-8-21-38(33)41-39/h1-24H. The van der Waals surface area contributed by atoms with Gasteiger partial charge >= 0.3 is 0 Å².